The lowest BCUT2D eigenvalue weighted by Crippen LogP contribution is -2.13. The van der Waals surface area contributed by atoms with Crippen molar-refractivity contribution in [1.29, 1.82) is 0 Å². The summed E-state index contributed by atoms with van der Waals surface area (Å²) in [5.41, 5.74) is 0.304. The second kappa shape index (κ2) is 3.36. The monoisotopic (exact) mass is 224 g/mol. The number of nitrogens with one attached hydrogen (secondary N) is 1. The van der Waals surface area contributed by atoms with Crippen LogP contribution in [0.4, 0.5) is 0 Å². The minimum atomic E-state index is -1.51. The summed E-state index contributed by atoms with van der Waals surface area (Å²) in [5, 5.41) is 15.7. The lowest BCUT2D eigenvalue weighted by atomic mass is 10.1. The number of halogens is 1. The Kier molecular flexibility index (Phi) is 2.17. The molecule has 5 nitrogen and oxygen atoms in total. The molecular formula is C9H5ClN2O3. The van der Waals surface area contributed by atoms with Crippen LogP contribution >= 0.6 is 11.6 Å². The summed E-state index contributed by atoms with van der Waals surface area (Å²) >= 11 is 5.75. The van der Waals surface area contributed by atoms with Crippen LogP contribution < -0.4 is 0 Å². The number of aliphatic carboxylic acids is 1. The number of fused-ring (bicyclic) bond motifs is 1. The Morgan fingerprint density at radius 3 is 2.80 bits per heavy atom. The first-order valence-corrected chi connectivity index (χ1v) is 4.39. The van der Waals surface area contributed by atoms with Crippen molar-refractivity contribution in [3.63, 3.8) is 0 Å². The molecule has 15 heavy (non-hydrogen) atoms. The molecule has 0 amide bonds. The molecule has 0 saturated heterocycles. The molecule has 2 aromatic rings. The van der Waals surface area contributed by atoms with E-state index in [1.165, 1.54) is 6.07 Å². The number of ketones is 1. The van der Waals surface area contributed by atoms with E-state index < -0.39 is 11.8 Å². The number of nitrogens with zero attached hydrogens (tertiary/aromatic N) is 1. The fourth-order valence-corrected chi connectivity index (χ4v) is 1.50. The lowest BCUT2D eigenvalue weighted by molar-refractivity contribution is -0.131. The minimum Gasteiger partial charge on any atom is -0.475 e. The van der Waals surface area contributed by atoms with Crippen LogP contribution in [0.2, 0.25) is 5.15 Å². The molecule has 0 spiro atoms. The summed E-state index contributed by atoms with van der Waals surface area (Å²) in [6.45, 7) is 0. The zero-order chi connectivity index (χ0) is 11.0. The van der Waals surface area contributed by atoms with Crippen LogP contribution in [-0.4, -0.2) is 27.1 Å². The van der Waals surface area contributed by atoms with Gasteiger partial charge < -0.3 is 5.11 Å². The predicted octanol–water partition coefficient (Wildman–Crippen LogP) is 1.48. The molecule has 0 aliphatic rings. The second-order valence-electron chi connectivity index (χ2n) is 2.87. The van der Waals surface area contributed by atoms with Gasteiger partial charge in [-0.2, -0.15) is 5.10 Å². The molecule has 1 aromatic carbocycles. The summed E-state index contributed by atoms with van der Waals surface area (Å²) in [6, 6.07) is 4.61. The van der Waals surface area contributed by atoms with E-state index in [-0.39, 0.29) is 16.2 Å². The van der Waals surface area contributed by atoms with Crippen LogP contribution in [-0.2, 0) is 4.79 Å². The van der Waals surface area contributed by atoms with E-state index in [4.69, 9.17) is 16.7 Å². The molecule has 1 aromatic heterocycles. The molecular weight excluding hydrogens is 220 g/mol. The molecule has 2 rings (SSSR count). The van der Waals surface area contributed by atoms with Crippen molar-refractivity contribution in [2.75, 3.05) is 0 Å². The van der Waals surface area contributed by atoms with E-state index in [9.17, 15) is 9.59 Å². The van der Waals surface area contributed by atoms with Crippen molar-refractivity contribution >= 4 is 34.3 Å². The van der Waals surface area contributed by atoms with Crippen LogP contribution in [0.1, 0.15) is 10.4 Å². The van der Waals surface area contributed by atoms with E-state index >= 15 is 0 Å². The molecule has 0 atom stereocenters. The number of aromatic amines is 1. The van der Waals surface area contributed by atoms with Crippen molar-refractivity contribution in [2.24, 2.45) is 0 Å². The molecule has 0 radical (unpaired) electrons. The highest BCUT2D eigenvalue weighted by Gasteiger charge is 2.19. The summed E-state index contributed by atoms with van der Waals surface area (Å²) < 4.78 is 0. The van der Waals surface area contributed by atoms with Gasteiger partial charge in [0.2, 0.25) is 0 Å². The number of Topliss-reactive ketones (excluding diaryl/α,β-unsaturated/α-hetero) is 1. The van der Waals surface area contributed by atoms with E-state index in [2.05, 4.69) is 10.2 Å². The molecule has 0 aliphatic carbocycles. The smallest absolute Gasteiger partial charge is 0.377 e. The van der Waals surface area contributed by atoms with Crippen LogP contribution in [0.25, 0.3) is 10.9 Å². The van der Waals surface area contributed by atoms with Gasteiger partial charge in [-0.1, -0.05) is 17.7 Å². The third-order valence-corrected chi connectivity index (χ3v) is 2.27. The number of carboxylic acid groups (broad SMARTS) is 1. The average Bonchev–Trinajstić information content (AvgIpc) is 2.59. The Morgan fingerprint density at radius 1 is 1.40 bits per heavy atom. The van der Waals surface area contributed by atoms with Gasteiger partial charge >= 0.3 is 5.97 Å². The maximum atomic E-state index is 11.3. The van der Waals surface area contributed by atoms with Crippen LogP contribution in [0.15, 0.2) is 18.2 Å². The highest BCUT2D eigenvalue weighted by molar-refractivity contribution is 6.43. The van der Waals surface area contributed by atoms with Crippen molar-refractivity contribution in [2.45, 2.75) is 0 Å². The Labute approximate surface area is 88.7 Å². The van der Waals surface area contributed by atoms with Crippen molar-refractivity contribution in [3.8, 4) is 0 Å². The number of rotatable bonds is 2. The molecule has 0 fully saturated rings. The highest BCUT2D eigenvalue weighted by Crippen LogP contribution is 2.23. The Bertz CT molecular complexity index is 561. The molecule has 0 unspecified atom stereocenters. The number of para-hydroxylation sites is 1. The van der Waals surface area contributed by atoms with E-state index in [1.54, 1.807) is 12.1 Å². The predicted molar refractivity (Wildman–Crippen MR) is 53.1 cm³/mol. The Balaban J connectivity index is 2.71. The Morgan fingerprint density at radius 2 is 2.13 bits per heavy atom. The van der Waals surface area contributed by atoms with Crippen LogP contribution in [0, 0.1) is 0 Å². The van der Waals surface area contributed by atoms with Crippen LogP contribution in [0.3, 0.4) is 0 Å². The number of benzene rings is 1. The largest absolute Gasteiger partial charge is 0.475 e. The van der Waals surface area contributed by atoms with Crippen molar-refractivity contribution in [1.82, 2.24) is 10.2 Å². The van der Waals surface area contributed by atoms with Gasteiger partial charge in [0.05, 0.1) is 5.56 Å². The molecule has 0 saturated carbocycles. The first-order valence-electron chi connectivity index (χ1n) is 4.01. The van der Waals surface area contributed by atoms with Gasteiger partial charge in [-0.15, -0.1) is 0 Å². The molecule has 2 N–H and O–H groups in total. The van der Waals surface area contributed by atoms with E-state index in [0.29, 0.717) is 5.39 Å². The van der Waals surface area contributed by atoms with Gasteiger partial charge in [-0.3, -0.25) is 9.89 Å². The number of carboxylic acids is 1. The summed E-state index contributed by atoms with van der Waals surface area (Å²) in [6.07, 6.45) is 0. The second-order valence-corrected chi connectivity index (χ2v) is 3.25. The van der Waals surface area contributed by atoms with E-state index in [1.807, 2.05) is 0 Å². The summed E-state index contributed by atoms with van der Waals surface area (Å²) in [4.78, 5) is 21.8. The van der Waals surface area contributed by atoms with Crippen molar-refractivity contribution in [3.05, 3.63) is 28.9 Å². The number of hydrogen-bond acceptors (Lipinski definition) is 3. The van der Waals surface area contributed by atoms with Crippen molar-refractivity contribution < 1.29 is 14.7 Å². The number of aromatic nitrogens is 2. The highest BCUT2D eigenvalue weighted by atomic mass is 35.5. The maximum Gasteiger partial charge on any atom is 0.377 e. The van der Waals surface area contributed by atoms with Gasteiger partial charge in [-0.05, 0) is 12.1 Å². The number of carbonyl (C=O) groups is 2. The molecule has 6 heteroatoms. The SMILES string of the molecule is O=C(O)C(=O)c1cccc2c(Cl)[nH]nc12. The summed E-state index contributed by atoms with van der Waals surface area (Å²) in [5.74, 6) is -2.51. The van der Waals surface area contributed by atoms with Gasteiger partial charge in [0, 0.05) is 5.39 Å². The molecule has 0 aliphatic heterocycles. The third kappa shape index (κ3) is 1.46. The lowest BCUT2D eigenvalue weighted by Gasteiger charge is -1.96. The van der Waals surface area contributed by atoms with Gasteiger partial charge in [-0.25, -0.2) is 4.79 Å². The normalized spacial score (nSPS) is 10.5. The maximum absolute atomic E-state index is 11.3. The number of carbonyl (C=O) groups excluding carboxylic acids is 1. The molecule has 0 bridgehead atoms. The first kappa shape index (κ1) is 9.67. The zero-order valence-electron chi connectivity index (χ0n) is 7.32. The fraction of sp³-hybridized carbons (Fsp3) is 0. The van der Waals surface area contributed by atoms with E-state index in [0.717, 1.165) is 0 Å². The van der Waals surface area contributed by atoms with Gasteiger partial charge in [0.25, 0.3) is 5.78 Å². The van der Waals surface area contributed by atoms with Crippen LogP contribution in [0.5, 0.6) is 0 Å². The average molecular weight is 225 g/mol. The summed E-state index contributed by atoms with van der Waals surface area (Å²) in [7, 11) is 0. The molecule has 1 heterocycles. The fourth-order valence-electron chi connectivity index (χ4n) is 1.30. The van der Waals surface area contributed by atoms with Gasteiger partial charge in [0.1, 0.15) is 10.7 Å². The zero-order valence-corrected chi connectivity index (χ0v) is 8.08. The number of hydrogen-bond donors (Lipinski definition) is 2. The quantitative estimate of drug-likeness (QED) is 0.598. The third-order valence-electron chi connectivity index (χ3n) is 1.98. The standard InChI is InChI=1S/C9H5ClN2O3/c10-8-5-3-1-2-4(6(5)11-12-8)7(13)9(14)15/h1-3H,(H,11,12)(H,14,15). The topological polar surface area (TPSA) is 83.0 Å². The number of H-pyrrole nitrogens is 1. The Hall–Kier alpha value is -1.88. The first-order chi connectivity index (χ1) is 7.11. The minimum absolute atomic E-state index is 0.0307. The molecule has 76 valence electrons. The van der Waals surface area contributed by atoms with Gasteiger partial charge in [0.15, 0.2) is 0 Å².